The Morgan fingerprint density at radius 3 is 2.39 bits per heavy atom. The van der Waals surface area contributed by atoms with Gasteiger partial charge < -0.3 is 10.4 Å². The van der Waals surface area contributed by atoms with Gasteiger partial charge in [0.15, 0.2) is 0 Å². The van der Waals surface area contributed by atoms with Gasteiger partial charge in [0.25, 0.3) is 0 Å². The van der Waals surface area contributed by atoms with Crippen LogP contribution in [-0.4, -0.2) is 11.4 Å². The molecule has 0 amide bonds. The molecule has 0 saturated carbocycles. The number of rotatable bonds is 4. The lowest BCUT2D eigenvalue weighted by Gasteiger charge is -2.17. The Labute approximate surface area is 112 Å². The van der Waals surface area contributed by atoms with E-state index in [-0.39, 0.29) is 6.04 Å². The molecule has 2 aromatic carbocycles. The Kier molecular flexibility index (Phi) is 4.15. The maximum absolute atomic E-state index is 9.29. The van der Waals surface area contributed by atoms with Crippen molar-refractivity contribution in [2.45, 2.75) is 17.9 Å². The Morgan fingerprint density at radius 1 is 1.06 bits per heavy atom. The maximum atomic E-state index is 9.29. The number of hydrogen-bond donors (Lipinski definition) is 2. The summed E-state index contributed by atoms with van der Waals surface area (Å²) in [5.41, 5.74) is 2.30. The van der Waals surface area contributed by atoms with Gasteiger partial charge in [-0.3, -0.25) is 0 Å². The Balaban J connectivity index is 2.15. The third kappa shape index (κ3) is 2.99. The van der Waals surface area contributed by atoms with Crippen LogP contribution in [0.4, 0.5) is 5.69 Å². The predicted molar refractivity (Wildman–Crippen MR) is 78.4 cm³/mol. The number of phenols is 1. The molecule has 0 bridgehead atoms. The number of nitrogens with one attached hydrogen (secondary N) is 1. The predicted octanol–water partition coefficient (Wildman–Crippen LogP) is 4.29. The van der Waals surface area contributed by atoms with E-state index in [9.17, 15) is 5.11 Å². The van der Waals surface area contributed by atoms with E-state index in [1.165, 1.54) is 4.90 Å². The van der Waals surface area contributed by atoms with E-state index in [1.807, 2.05) is 24.3 Å². The van der Waals surface area contributed by atoms with Crippen LogP contribution in [0, 0.1) is 0 Å². The van der Waals surface area contributed by atoms with Gasteiger partial charge in [0.2, 0.25) is 0 Å². The van der Waals surface area contributed by atoms with E-state index < -0.39 is 0 Å². The van der Waals surface area contributed by atoms with Gasteiger partial charge in [0, 0.05) is 16.6 Å². The highest BCUT2D eigenvalue weighted by Crippen LogP contribution is 2.28. The Hall–Kier alpha value is -1.61. The van der Waals surface area contributed by atoms with Crippen LogP contribution in [-0.2, 0) is 0 Å². The largest absolute Gasteiger partial charge is 0.508 e. The zero-order chi connectivity index (χ0) is 13.0. The minimum atomic E-state index is 0.207. The first kappa shape index (κ1) is 12.8. The van der Waals surface area contributed by atoms with Crippen LogP contribution in [0.3, 0.4) is 0 Å². The Morgan fingerprint density at radius 2 is 1.72 bits per heavy atom. The van der Waals surface area contributed by atoms with Crippen molar-refractivity contribution in [2.75, 3.05) is 11.6 Å². The second-order valence-corrected chi connectivity index (χ2v) is 5.01. The van der Waals surface area contributed by atoms with Crippen molar-refractivity contribution in [3.8, 4) is 5.75 Å². The molecule has 2 nitrogen and oxygen atoms in total. The van der Waals surface area contributed by atoms with Gasteiger partial charge in [-0.15, -0.1) is 11.8 Å². The van der Waals surface area contributed by atoms with Crippen LogP contribution in [0.25, 0.3) is 0 Å². The third-order valence-corrected chi connectivity index (χ3v) is 3.67. The zero-order valence-corrected chi connectivity index (χ0v) is 11.4. The molecule has 0 aliphatic heterocycles. The van der Waals surface area contributed by atoms with Crippen LogP contribution in [0.5, 0.6) is 5.75 Å². The van der Waals surface area contributed by atoms with Crippen LogP contribution in [0.15, 0.2) is 53.4 Å². The smallest absolute Gasteiger partial charge is 0.115 e. The van der Waals surface area contributed by atoms with E-state index in [0.717, 1.165) is 11.3 Å². The van der Waals surface area contributed by atoms with Gasteiger partial charge in [-0.2, -0.15) is 0 Å². The third-order valence-electron chi connectivity index (χ3n) is 2.87. The highest BCUT2D eigenvalue weighted by molar-refractivity contribution is 7.98. The number of thioether (sulfide) groups is 1. The van der Waals surface area contributed by atoms with Gasteiger partial charge in [-0.1, -0.05) is 24.3 Å². The van der Waals surface area contributed by atoms with Crippen molar-refractivity contribution in [1.29, 1.82) is 0 Å². The molecule has 1 atom stereocenters. The van der Waals surface area contributed by atoms with E-state index in [4.69, 9.17) is 0 Å². The van der Waals surface area contributed by atoms with Gasteiger partial charge in [-0.05, 0) is 43.0 Å². The summed E-state index contributed by atoms with van der Waals surface area (Å²) in [6.45, 7) is 2.11. The summed E-state index contributed by atoms with van der Waals surface area (Å²) in [7, 11) is 0. The highest BCUT2D eigenvalue weighted by Gasteiger charge is 2.07. The summed E-state index contributed by atoms with van der Waals surface area (Å²) in [4.78, 5) is 1.24. The summed E-state index contributed by atoms with van der Waals surface area (Å²) in [6.07, 6.45) is 2.08. The molecule has 2 rings (SSSR count). The molecular weight excluding hydrogens is 242 g/mol. The van der Waals surface area contributed by atoms with Crippen LogP contribution < -0.4 is 5.32 Å². The average Bonchev–Trinajstić information content (AvgIpc) is 2.40. The average molecular weight is 259 g/mol. The van der Waals surface area contributed by atoms with Crippen LogP contribution >= 0.6 is 11.8 Å². The fourth-order valence-corrected chi connectivity index (χ4v) is 2.40. The second kappa shape index (κ2) is 5.83. The summed E-state index contributed by atoms with van der Waals surface area (Å²) >= 11 is 1.73. The first-order chi connectivity index (χ1) is 8.70. The fraction of sp³-hybridized carbons (Fsp3) is 0.200. The molecular formula is C15H17NOS. The van der Waals surface area contributed by atoms with Crippen molar-refractivity contribution in [2.24, 2.45) is 0 Å². The molecule has 3 heteroatoms. The van der Waals surface area contributed by atoms with E-state index in [1.54, 1.807) is 23.9 Å². The van der Waals surface area contributed by atoms with Gasteiger partial charge in [0.1, 0.15) is 5.75 Å². The lowest BCUT2D eigenvalue weighted by molar-refractivity contribution is 0.475. The topological polar surface area (TPSA) is 32.3 Å². The molecule has 0 aliphatic carbocycles. The highest BCUT2D eigenvalue weighted by atomic mass is 32.2. The molecule has 18 heavy (non-hydrogen) atoms. The normalized spacial score (nSPS) is 12.1. The number of phenolic OH excluding ortho intramolecular Hbond substituents is 1. The quantitative estimate of drug-likeness (QED) is 0.803. The number of para-hydroxylation sites is 1. The second-order valence-electron chi connectivity index (χ2n) is 4.16. The maximum Gasteiger partial charge on any atom is 0.115 e. The molecule has 0 saturated heterocycles. The summed E-state index contributed by atoms with van der Waals surface area (Å²) in [6, 6.07) is 15.8. The van der Waals surface area contributed by atoms with E-state index in [0.29, 0.717) is 5.75 Å². The van der Waals surface area contributed by atoms with Gasteiger partial charge >= 0.3 is 0 Å². The first-order valence-corrected chi connectivity index (χ1v) is 7.11. The SMILES string of the molecule is CSc1ccccc1NC(C)c1ccc(O)cc1. The molecule has 0 radical (unpaired) electrons. The van der Waals surface area contributed by atoms with E-state index in [2.05, 4.69) is 30.6 Å². The standard InChI is InChI=1S/C15H17NOS/c1-11(12-7-9-13(17)10-8-12)16-14-5-3-4-6-15(14)18-2/h3-11,16-17H,1-2H3. The van der Waals surface area contributed by atoms with Crippen molar-refractivity contribution in [1.82, 2.24) is 0 Å². The summed E-state index contributed by atoms with van der Waals surface area (Å²) in [5.74, 6) is 0.301. The molecule has 1 unspecified atom stereocenters. The summed E-state index contributed by atoms with van der Waals surface area (Å²) < 4.78 is 0. The molecule has 0 aliphatic rings. The molecule has 0 aromatic heterocycles. The number of benzene rings is 2. The minimum absolute atomic E-state index is 0.207. The van der Waals surface area contributed by atoms with Crippen LogP contribution in [0.2, 0.25) is 0 Å². The number of aromatic hydroxyl groups is 1. The van der Waals surface area contributed by atoms with Crippen LogP contribution in [0.1, 0.15) is 18.5 Å². The number of anilines is 1. The van der Waals surface area contributed by atoms with Crippen molar-refractivity contribution >= 4 is 17.4 Å². The molecule has 2 aromatic rings. The van der Waals surface area contributed by atoms with Crippen molar-refractivity contribution < 1.29 is 5.11 Å². The molecule has 0 fully saturated rings. The molecule has 2 N–H and O–H groups in total. The van der Waals surface area contributed by atoms with Gasteiger partial charge in [-0.25, -0.2) is 0 Å². The Bertz CT molecular complexity index is 510. The zero-order valence-electron chi connectivity index (χ0n) is 10.6. The van der Waals surface area contributed by atoms with Crippen molar-refractivity contribution in [3.05, 3.63) is 54.1 Å². The number of hydrogen-bond acceptors (Lipinski definition) is 3. The molecule has 0 spiro atoms. The first-order valence-electron chi connectivity index (χ1n) is 5.89. The van der Waals surface area contributed by atoms with E-state index >= 15 is 0 Å². The molecule has 94 valence electrons. The van der Waals surface area contributed by atoms with Crippen molar-refractivity contribution in [3.63, 3.8) is 0 Å². The van der Waals surface area contributed by atoms with Gasteiger partial charge in [0.05, 0.1) is 0 Å². The lowest BCUT2D eigenvalue weighted by Crippen LogP contribution is -2.07. The summed E-state index contributed by atoms with van der Waals surface area (Å²) in [5, 5.41) is 12.8. The lowest BCUT2D eigenvalue weighted by atomic mass is 10.1. The molecule has 0 heterocycles. The minimum Gasteiger partial charge on any atom is -0.508 e. The fourth-order valence-electron chi connectivity index (χ4n) is 1.84. The monoisotopic (exact) mass is 259 g/mol.